The lowest BCUT2D eigenvalue weighted by Gasteiger charge is -2.41. The van der Waals surface area contributed by atoms with E-state index in [1.807, 2.05) is 13.8 Å². The summed E-state index contributed by atoms with van der Waals surface area (Å²) < 4.78 is 17.9. The lowest BCUT2D eigenvalue weighted by molar-refractivity contribution is -0.160. The van der Waals surface area contributed by atoms with Crippen LogP contribution in [0.1, 0.15) is 40.0 Å². The molecule has 3 amide bonds. The highest BCUT2D eigenvalue weighted by atomic mass is 79.9. The molecule has 1 spiro atoms. The first kappa shape index (κ1) is 35.5. The predicted octanol–water partition coefficient (Wildman–Crippen LogP) is 1.11. The maximum atomic E-state index is 14.6. The predicted molar refractivity (Wildman–Crippen MR) is 170 cm³/mol. The molecule has 0 aromatic heterocycles. The molecule has 4 rings (SSSR count). The van der Waals surface area contributed by atoms with Gasteiger partial charge in [-0.1, -0.05) is 41.9 Å². The smallest absolute Gasteiger partial charge is 0.312 e. The van der Waals surface area contributed by atoms with Crippen molar-refractivity contribution < 1.29 is 38.5 Å². The molecule has 252 valence electrons. The van der Waals surface area contributed by atoms with Crippen molar-refractivity contribution in [1.29, 1.82) is 0 Å². The highest BCUT2D eigenvalue weighted by Crippen LogP contribution is 2.61. The van der Waals surface area contributed by atoms with Crippen molar-refractivity contribution in [2.24, 2.45) is 17.8 Å². The molecule has 0 aromatic carbocycles. The fraction of sp³-hybridized carbons (Fsp3) is 0.750. The minimum Gasteiger partial charge on any atom is -0.460 e. The summed E-state index contributed by atoms with van der Waals surface area (Å²) in [4.78, 5) is 60.0. The summed E-state index contributed by atoms with van der Waals surface area (Å²) in [6, 6.07) is -1.70. The number of ether oxygens (including phenoxy) is 3. The van der Waals surface area contributed by atoms with E-state index in [-0.39, 0.29) is 54.6 Å². The average Bonchev–Trinajstić information content (AvgIpc) is 3.61. The Balaban J connectivity index is 1.61. The van der Waals surface area contributed by atoms with Gasteiger partial charge in [-0.2, -0.15) is 0 Å². The minimum atomic E-state index is -1.28. The first-order valence-corrected chi connectivity index (χ1v) is 16.9. The highest BCUT2D eigenvalue weighted by molar-refractivity contribution is 9.09. The second-order valence-corrected chi connectivity index (χ2v) is 14.0. The van der Waals surface area contributed by atoms with Crippen molar-refractivity contribution in [1.82, 2.24) is 20.0 Å². The van der Waals surface area contributed by atoms with Gasteiger partial charge in [0.2, 0.25) is 17.7 Å². The van der Waals surface area contributed by atoms with E-state index in [2.05, 4.69) is 39.3 Å². The Labute approximate surface area is 274 Å². The van der Waals surface area contributed by atoms with Crippen LogP contribution in [-0.2, 0) is 33.4 Å². The molecule has 4 heterocycles. The number of likely N-dealkylation sites (tertiary alicyclic amines) is 1. The number of nitrogens with one attached hydrogen (secondary N) is 1. The van der Waals surface area contributed by atoms with Gasteiger partial charge in [-0.25, -0.2) is 0 Å². The quantitative estimate of drug-likeness (QED) is 0.138. The molecule has 12 nitrogen and oxygen atoms in total. The standard InChI is InChI=1S/C32H49BrN4O8/c1-6-8-9-24(39)34-18-21(5)44-31(42)25-26-29(40)37(23(19-38)20(3)4)28(32(26)17-22(33)27(25)45-32)30(41)36(10-7-2)12-11-35-13-15-43-16-14-35/h6-7,20-23,25-28,38H,1-2,8-19H2,3-5H3,(H,34,39)/t21-,22?,23+,25-,26+,27-,28-,32+/m1/s1. The number of allylic oxidation sites excluding steroid dienone is 1. The fourth-order valence-electron chi connectivity index (χ4n) is 7.20. The molecular weight excluding hydrogens is 648 g/mol. The zero-order valence-electron chi connectivity index (χ0n) is 26.7. The van der Waals surface area contributed by atoms with Crippen LogP contribution < -0.4 is 5.32 Å². The van der Waals surface area contributed by atoms with E-state index < -0.39 is 47.7 Å². The number of alkyl halides is 1. The fourth-order valence-corrected chi connectivity index (χ4v) is 8.14. The molecule has 45 heavy (non-hydrogen) atoms. The van der Waals surface area contributed by atoms with Crippen LogP contribution in [0.25, 0.3) is 0 Å². The number of morpholine rings is 1. The molecule has 8 atom stereocenters. The molecule has 0 aliphatic carbocycles. The van der Waals surface area contributed by atoms with Crippen LogP contribution in [0.5, 0.6) is 0 Å². The largest absolute Gasteiger partial charge is 0.460 e. The minimum absolute atomic E-state index is 0.119. The molecule has 0 saturated carbocycles. The topological polar surface area (TPSA) is 138 Å². The van der Waals surface area contributed by atoms with Gasteiger partial charge >= 0.3 is 5.97 Å². The Morgan fingerprint density at radius 2 is 1.93 bits per heavy atom. The van der Waals surface area contributed by atoms with Gasteiger partial charge in [-0.15, -0.1) is 13.2 Å². The van der Waals surface area contributed by atoms with Crippen molar-refractivity contribution in [3.63, 3.8) is 0 Å². The number of aliphatic hydroxyl groups is 1. The van der Waals surface area contributed by atoms with Gasteiger partial charge in [0.1, 0.15) is 17.7 Å². The molecule has 0 aromatic rings. The number of amides is 3. The van der Waals surface area contributed by atoms with E-state index in [4.69, 9.17) is 14.2 Å². The van der Waals surface area contributed by atoms with E-state index in [0.29, 0.717) is 39.1 Å². The Morgan fingerprint density at radius 1 is 1.22 bits per heavy atom. The third kappa shape index (κ3) is 7.32. The highest BCUT2D eigenvalue weighted by Gasteiger charge is 2.77. The molecular formula is C32H49BrN4O8. The average molecular weight is 698 g/mol. The summed E-state index contributed by atoms with van der Waals surface area (Å²) in [5.41, 5.74) is -1.28. The Hall–Kier alpha value is -2.32. The van der Waals surface area contributed by atoms with Crippen molar-refractivity contribution in [2.75, 3.05) is 59.1 Å². The first-order valence-electron chi connectivity index (χ1n) is 16.0. The van der Waals surface area contributed by atoms with E-state index in [0.717, 1.165) is 13.1 Å². The van der Waals surface area contributed by atoms with Crippen LogP contribution in [0.3, 0.4) is 0 Å². The first-order chi connectivity index (χ1) is 21.5. The van der Waals surface area contributed by atoms with Gasteiger partial charge in [0, 0.05) is 44.0 Å². The zero-order chi connectivity index (χ0) is 32.9. The Kier molecular flexibility index (Phi) is 12.2. The van der Waals surface area contributed by atoms with Crippen LogP contribution >= 0.6 is 15.9 Å². The maximum absolute atomic E-state index is 14.6. The van der Waals surface area contributed by atoms with Crippen LogP contribution in [0.2, 0.25) is 0 Å². The van der Waals surface area contributed by atoms with Crippen LogP contribution in [0.15, 0.2) is 25.3 Å². The van der Waals surface area contributed by atoms with Crippen molar-refractivity contribution >= 4 is 39.6 Å². The number of halogens is 1. The Bertz CT molecular complexity index is 1120. The molecule has 4 aliphatic rings. The van der Waals surface area contributed by atoms with Gasteiger partial charge in [0.15, 0.2) is 0 Å². The van der Waals surface area contributed by atoms with Crippen molar-refractivity contribution in [3.8, 4) is 0 Å². The molecule has 2 bridgehead atoms. The van der Waals surface area contributed by atoms with Crippen LogP contribution in [-0.4, -0.2) is 137 Å². The molecule has 1 unspecified atom stereocenters. The second-order valence-electron chi connectivity index (χ2n) is 12.8. The Morgan fingerprint density at radius 3 is 2.56 bits per heavy atom. The third-order valence-corrected chi connectivity index (χ3v) is 10.3. The summed E-state index contributed by atoms with van der Waals surface area (Å²) in [6.45, 7) is 16.9. The molecule has 2 N–H and O–H groups in total. The number of aliphatic hydroxyl groups excluding tert-OH is 1. The lowest BCUT2D eigenvalue weighted by Crippen LogP contribution is -2.60. The summed E-state index contributed by atoms with van der Waals surface area (Å²) >= 11 is 3.69. The number of fused-ring (bicyclic) bond motifs is 1. The molecule has 4 aliphatic heterocycles. The van der Waals surface area contributed by atoms with Crippen molar-refractivity contribution in [3.05, 3.63) is 25.3 Å². The molecule has 4 saturated heterocycles. The van der Waals surface area contributed by atoms with Gasteiger partial charge in [0.05, 0.1) is 50.3 Å². The van der Waals surface area contributed by atoms with Crippen LogP contribution in [0.4, 0.5) is 0 Å². The van der Waals surface area contributed by atoms with Gasteiger partial charge in [-0.05, 0) is 25.7 Å². The number of nitrogens with zero attached hydrogens (tertiary/aromatic N) is 3. The number of carbonyl (C=O) groups is 4. The number of carbonyl (C=O) groups excluding carboxylic acids is 4. The van der Waals surface area contributed by atoms with Gasteiger partial charge in [0.25, 0.3) is 0 Å². The zero-order valence-corrected chi connectivity index (χ0v) is 28.3. The lowest BCUT2D eigenvalue weighted by atomic mass is 9.70. The monoisotopic (exact) mass is 696 g/mol. The van der Waals surface area contributed by atoms with Gasteiger partial charge in [-0.3, -0.25) is 24.1 Å². The number of rotatable bonds is 16. The number of hydrogen-bond acceptors (Lipinski definition) is 9. The van der Waals surface area contributed by atoms with E-state index in [1.54, 1.807) is 24.0 Å². The van der Waals surface area contributed by atoms with Crippen molar-refractivity contribution in [2.45, 2.75) is 74.8 Å². The van der Waals surface area contributed by atoms with E-state index in [9.17, 15) is 24.3 Å². The molecule has 4 fully saturated rings. The summed E-state index contributed by atoms with van der Waals surface area (Å²) in [5, 5.41) is 13.2. The molecule has 13 heteroatoms. The summed E-state index contributed by atoms with van der Waals surface area (Å²) in [7, 11) is 0. The summed E-state index contributed by atoms with van der Waals surface area (Å²) in [5.74, 6) is -3.54. The second kappa shape index (κ2) is 15.5. The number of esters is 1. The third-order valence-electron chi connectivity index (χ3n) is 9.48. The maximum Gasteiger partial charge on any atom is 0.312 e. The SMILES string of the molecule is C=CCCC(=O)NC[C@@H](C)OC(=O)[C@H]1[C@@H]2O[C@@]3(CC2Br)[C@@H]1C(=O)N([C@@H](CO)C(C)C)[C@@H]3C(=O)N(CC=C)CCN1CCOCC1. The van der Waals surface area contributed by atoms with E-state index >= 15 is 0 Å². The molecule has 0 radical (unpaired) electrons. The van der Waals surface area contributed by atoms with Crippen LogP contribution in [0, 0.1) is 17.8 Å². The number of hydrogen-bond donors (Lipinski definition) is 2. The van der Waals surface area contributed by atoms with Gasteiger partial charge < -0.3 is 34.4 Å². The van der Waals surface area contributed by atoms with E-state index in [1.165, 1.54) is 4.90 Å². The summed E-state index contributed by atoms with van der Waals surface area (Å²) in [6.07, 6.45) is 3.17. The normalized spacial score (nSPS) is 30.6.